The zero-order valence-corrected chi connectivity index (χ0v) is 22.4. The number of rotatable bonds is 12. The number of carbonyl (C=O) groups excluding carboxylic acids is 1. The SMILES string of the molecule is COc1cc(-c2cc(/C=C\CCO)cc(C(=O)N[C@@H](CO)Cc3c[nH]c4ccccc34)c2)cc(OC)c1OC. The summed E-state index contributed by atoms with van der Waals surface area (Å²) in [5.41, 5.74) is 4.78. The molecule has 1 heterocycles. The van der Waals surface area contributed by atoms with Gasteiger partial charge in [-0.3, -0.25) is 4.79 Å². The van der Waals surface area contributed by atoms with Gasteiger partial charge < -0.3 is 34.7 Å². The number of aromatic amines is 1. The molecule has 3 aromatic carbocycles. The van der Waals surface area contributed by atoms with E-state index in [0.717, 1.165) is 33.2 Å². The van der Waals surface area contributed by atoms with Crippen molar-refractivity contribution < 1.29 is 29.2 Å². The normalized spacial score (nSPS) is 12.0. The van der Waals surface area contributed by atoms with Crippen LogP contribution in [-0.2, 0) is 6.42 Å². The molecule has 0 saturated heterocycles. The molecule has 39 heavy (non-hydrogen) atoms. The molecule has 8 nitrogen and oxygen atoms in total. The fourth-order valence-electron chi connectivity index (χ4n) is 4.58. The zero-order valence-electron chi connectivity index (χ0n) is 22.4. The summed E-state index contributed by atoms with van der Waals surface area (Å²) >= 11 is 0. The first-order valence-corrected chi connectivity index (χ1v) is 12.7. The van der Waals surface area contributed by atoms with E-state index in [1.165, 1.54) is 0 Å². The Hall–Kier alpha value is -4.27. The third-order valence-electron chi connectivity index (χ3n) is 6.52. The number of ether oxygens (including phenoxy) is 3. The number of benzene rings is 3. The Bertz CT molecular complexity index is 1430. The van der Waals surface area contributed by atoms with Gasteiger partial charge >= 0.3 is 0 Å². The molecule has 0 spiro atoms. The molecule has 204 valence electrons. The molecular formula is C31H34N2O6. The van der Waals surface area contributed by atoms with E-state index in [-0.39, 0.29) is 19.1 Å². The monoisotopic (exact) mass is 530 g/mol. The number of hydrogen-bond donors (Lipinski definition) is 4. The summed E-state index contributed by atoms with van der Waals surface area (Å²) in [6.45, 7) is -0.177. The van der Waals surface area contributed by atoms with Crippen LogP contribution in [-0.4, -0.2) is 61.7 Å². The highest BCUT2D eigenvalue weighted by Crippen LogP contribution is 2.41. The van der Waals surface area contributed by atoms with Gasteiger partial charge in [-0.1, -0.05) is 30.4 Å². The molecule has 1 amide bonds. The lowest BCUT2D eigenvalue weighted by molar-refractivity contribution is 0.0916. The minimum absolute atomic E-state index is 0.0302. The second-order valence-corrected chi connectivity index (χ2v) is 9.09. The number of nitrogens with one attached hydrogen (secondary N) is 2. The number of amides is 1. The van der Waals surface area contributed by atoms with E-state index in [9.17, 15) is 15.0 Å². The van der Waals surface area contributed by atoms with Crippen LogP contribution in [0.2, 0.25) is 0 Å². The Balaban J connectivity index is 1.67. The van der Waals surface area contributed by atoms with Crippen LogP contribution in [0.15, 0.2) is 66.9 Å². The third-order valence-corrected chi connectivity index (χ3v) is 6.52. The lowest BCUT2D eigenvalue weighted by atomic mass is 9.97. The predicted molar refractivity (Wildman–Crippen MR) is 153 cm³/mol. The number of hydrogen-bond acceptors (Lipinski definition) is 6. The molecule has 4 rings (SSSR count). The molecule has 0 fully saturated rings. The first-order chi connectivity index (χ1) is 19.0. The van der Waals surface area contributed by atoms with Gasteiger partial charge in [0, 0.05) is 29.3 Å². The summed E-state index contributed by atoms with van der Waals surface area (Å²) in [7, 11) is 4.65. The number of H-pyrrole nitrogens is 1. The molecule has 0 aliphatic heterocycles. The highest BCUT2D eigenvalue weighted by molar-refractivity contribution is 5.96. The highest BCUT2D eigenvalue weighted by atomic mass is 16.5. The van der Waals surface area contributed by atoms with Crippen LogP contribution >= 0.6 is 0 Å². The molecule has 0 bridgehead atoms. The highest BCUT2D eigenvalue weighted by Gasteiger charge is 2.19. The van der Waals surface area contributed by atoms with Gasteiger partial charge in [0.2, 0.25) is 5.75 Å². The van der Waals surface area contributed by atoms with Crippen molar-refractivity contribution in [2.24, 2.45) is 0 Å². The summed E-state index contributed by atoms with van der Waals surface area (Å²) in [5.74, 6) is 1.17. The Labute approximate surface area is 227 Å². The quantitative estimate of drug-likeness (QED) is 0.213. The maximum Gasteiger partial charge on any atom is 0.251 e. The lowest BCUT2D eigenvalue weighted by Gasteiger charge is -2.18. The van der Waals surface area contributed by atoms with Crippen LogP contribution in [0, 0.1) is 0 Å². The molecule has 0 aliphatic carbocycles. The second-order valence-electron chi connectivity index (χ2n) is 9.09. The van der Waals surface area contributed by atoms with Crippen molar-refractivity contribution in [3.8, 4) is 28.4 Å². The zero-order chi connectivity index (χ0) is 27.8. The smallest absolute Gasteiger partial charge is 0.251 e. The van der Waals surface area contributed by atoms with Gasteiger partial charge in [-0.2, -0.15) is 0 Å². The fourth-order valence-corrected chi connectivity index (χ4v) is 4.58. The van der Waals surface area contributed by atoms with E-state index in [4.69, 9.17) is 14.2 Å². The Morgan fingerprint density at radius 1 is 0.974 bits per heavy atom. The number of fused-ring (bicyclic) bond motifs is 1. The van der Waals surface area contributed by atoms with Crippen LogP contribution < -0.4 is 19.5 Å². The van der Waals surface area contributed by atoms with Crippen molar-refractivity contribution in [1.82, 2.24) is 10.3 Å². The molecule has 4 aromatic rings. The van der Waals surface area contributed by atoms with Gasteiger partial charge in [0.15, 0.2) is 11.5 Å². The van der Waals surface area contributed by atoms with Gasteiger partial charge in [-0.15, -0.1) is 0 Å². The van der Waals surface area contributed by atoms with Crippen LogP contribution in [0.25, 0.3) is 28.1 Å². The number of aliphatic hydroxyl groups is 2. The van der Waals surface area contributed by atoms with Crippen molar-refractivity contribution in [3.05, 3.63) is 83.6 Å². The first kappa shape index (κ1) is 27.8. The summed E-state index contributed by atoms with van der Waals surface area (Å²) in [6, 6.07) is 16.6. The maximum atomic E-state index is 13.5. The van der Waals surface area contributed by atoms with Gasteiger partial charge in [-0.05, 0) is 71.5 Å². The second kappa shape index (κ2) is 13.0. The summed E-state index contributed by atoms with van der Waals surface area (Å²) in [4.78, 5) is 16.7. The lowest BCUT2D eigenvalue weighted by Crippen LogP contribution is -2.39. The molecule has 1 aromatic heterocycles. The van der Waals surface area contributed by atoms with Crippen molar-refractivity contribution in [2.75, 3.05) is 34.5 Å². The largest absolute Gasteiger partial charge is 0.493 e. The van der Waals surface area contributed by atoms with Gasteiger partial charge in [0.05, 0.1) is 34.0 Å². The van der Waals surface area contributed by atoms with E-state index >= 15 is 0 Å². The molecule has 0 radical (unpaired) electrons. The molecule has 0 aliphatic rings. The van der Waals surface area contributed by atoms with Crippen LogP contribution in [0.1, 0.15) is 27.9 Å². The van der Waals surface area contributed by atoms with E-state index in [2.05, 4.69) is 10.3 Å². The molecule has 0 unspecified atom stereocenters. The van der Waals surface area contributed by atoms with Crippen LogP contribution in [0.3, 0.4) is 0 Å². The third kappa shape index (κ3) is 6.42. The average Bonchev–Trinajstić information content (AvgIpc) is 3.38. The number of aromatic nitrogens is 1. The Morgan fingerprint density at radius 3 is 2.36 bits per heavy atom. The van der Waals surface area contributed by atoms with E-state index in [0.29, 0.717) is 35.7 Å². The maximum absolute atomic E-state index is 13.5. The van der Waals surface area contributed by atoms with Gasteiger partial charge in [0.25, 0.3) is 5.91 Å². The Morgan fingerprint density at radius 2 is 1.69 bits per heavy atom. The van der Waals surface area contributed by atoms with E-state index in [1.54, 1.807) is 33.5 Å². The predicted octanol–water partition coefficient (Wildman–Crippen LogP) is 4.59. The number of aliphatic hydroxyl groups excluding tert-OH is 2. The number of methoxy groups -OCH3 is 3. The van der Waals surface area contributed by atoms with Crippen molar-refractivity contribution in [3.63, 3.8) is 0 Å². The van der Waals surface area contributed by atoms with Crippen molar-refractivity contribution >= 4 is 22.9 Å². The minimum Gasteiger partial charge on any atom is -0.493 e. The molecule has 0 saturated carbocycles. The molecule has 1 atom stereocenters. The topological polar surface area (TPSA) is 113 Å². The minimum atomic E-state index is -0.477. The average molecular weight is 531 g/mol. The van der Waals surface area contributed by atoms with Gasteiger partial charge in [0.1, 0.15) is 0 Å². The number of para-hydroxylation sites is 1. The Kier molecular flexibility index (Phi) is 9.25. The van der Waals surface area contributed by atoms with Gasteiger partial charge in [-0.25, -0.2) is 0 Å². The van der Waals surface area contributed by atoms with E-state index < -0.39 is 6.04 Å². The van der Waals surface area contributed by atoms with Crippen molar-refractivity contribution in [1.29, 1.82) is 0 Å². The van der Waals surface area contributed by atoms with Crippen molar-refractivity contribution in [2.45, 2.75) is 18.9 Å². The summed E-state index contributed by atoms with van der Waals surface area (Å²) in [6.07, 6.45) is 6.59. The fraction of sp³-hybridized carbons (Fsp3) is 0.258. The summed E-state index contributed by atoms with van der Waals surface area (Å²) in [5, 5.41) is 23.3. The molecule has 8 heteroatoms. The van der Waals surface area contributed by atoms with E-state index in [1.807, 2.05) is 60.8 Å². The van der Waals surface area contributed by atoms with Crippen LogP contribution in [0.5, 0.6) is 17.2 Å². The standard InChI is InChI=1S/C31H34N2O6/c1-37-28-16-22(17-29(38-2)30(28)39-3)21-12-20(8-6-7-11-34)13-23(14-21)31(36)33-25(19-35)15-24-18-32-27-10-5-4-9-26(24)27/h4-6,8-10,12-14,16-18,25,32,34-35H,7,11,15,19H2,1-3H3,(H,33,36)/b8-6-/t25-/m1/s1. The summed E-state index contributed by atoms with van der Waals surface area (Å²) < 4.78 is 16.5. The first-order valence-electron chi connectivity index (χ1n) is 12.7. The molecular weight excluding hydrogens is 496 g/mol. The number of carbonyl (C=O) groups is 1. The molecule has 4 N–H and O–H groups in total. The van der Waals surface area contributed by atoms with Crippen LogP contribution in [0.4, 0.5) is 0 Å².